The number of hydrogen-bond acceptors (Lipinski definition) is 3. The average Bonchev–Trinajstić information content (AvgIpc) is 2.57. The Balaban J connectivity index is 2.65. The lowest BCUT2D eigenvalue weighted by atomic mass is 10.0. The van der Waals surface area contributed by atoms with Gasteiger partial charge in [-0.25, -0.2) is 4.98 Å². The third kappa shape index (κ3) is 2.20. The van der Waals surface area contributed by atoms with Gasteiger partial charge in [0.15, 0.2) is 0 Å². The smallest absolute Gasteiger partial charge is 0.129 e. The van der Waals surface area contributed by atoms with Gasteiger partial charge in [-0.2, -0.15) is 0 Å². The van der Waals surface area contributed by atoms with Gasteiger partial charge in [0, 0.05) is 4.88 Å². The monoisotopic (exact) mass is 247 g/mol. The first-order valence-corrected chi connectivity index (χ1v) is 6.44. The Labute approximate surface area is 106 Å². The van der Waals surface area contributed by atoms with Gasteiger partial charge in [0.25, 0.3) is 0 Å². The lowest BCUT2D eigenvalue weighted by molar-refractivity contribution is 0.416. The number of aromatic nitrogens is 1. The second kappa shape index (κ2) is 4.49. The van der Waals surface area contributed by atoms with Crippen molar-refractivity contribution in [2.24, 2.45) is 0 Å². The summed E-state index contributed by atoms with van der Waals surface area (Å²) in [7, 11) is 1.71. The van der Waals surface area contributed by atoms with Crippen LogP contribution >= 0.6 is 11.3 Å². The molecule has 2 aromatic rings. The molecule has 1 aromatic heterocycles. The highest BCUT2D eigenvalue weighted by atomic mass is 32.1. The highest BCUT2D eigenvalue weighted by Crippen LogP contribution is 2.37. The summed E-state index contributed by atoms with van der Waals surface area (Å²) in [6.45, 7) is 8.34. The predicted molar refractivity (Wildman–Crippen MR) is 73.1 cm³/mol. The van der Waals surface area contributed by atoms with E-state index >= 15 is 0 Å². The molecular formula is C14H17NOS. The third-order valence-electron chi connectivity index (χ3n) is 2.91. The van der Waals surface area contributed by atoms with E-state index in [0.717, 1.165) is 22.0 Å². The molecule has 0 radical (unpaired) electrons. The van der Waals surface area contributed by atoms with Crippen molar-refractivity contribution in [3.8, 4) is 16.3 Å². The van der Waals surface area contributed by atoms with Crippen LogP contribution in [0.5, 0.6) is 5.75 Å². The zero-order valence-electron chi connectivity index (χ0n) is 10.9. The van der Waals surface area contributed by atoms with Crippen molar-refractivity contribution in [2.45, 2.75) is 27.7 Å². The third-order valence-corrected chi connectivity index (χ3v) is 4.00. The van der Waals surface area contributed by atoms with Crippen molar-refractivity contribution < 1.29 is 4.74 Å². The van der Waals surface area contributed by atoms with Gasteiger partial charge in [0.1, 0.15) is 10.8 Å². The van der Waals surface area contributed by atoms with E-state index in [0.29, 0.717) is 0 Å². The quantitative estimate of drug-likeness (QED) is 0.798. The lowest BCUT2D eigenvalue weighted by Crippen LogP contribution is -1.92. The first-order valence-electron chi connectivity index (χ1n) is 5.62. The van der Waals surface area contributed by atoms with Gasteiger partial charge in [0.05, 0.1) is 18.4 Å². The summed E-state index contributed by atoms with van der Waals surface area (Å²) in [5, 5.41) is 1.05. The number of methoxy groups -OCH3 is 1. The predicted octanol–water partition coefficient (Wildman–Crippen LogP) is 4.05. The first-order chi connectivity index (χ1) is 8.02. The molecule has 3 heteroatoms. The molecule has 2 nitrogen and oxygen atoms in total. The van der Waals surface area contributed by atoms with Crippen molar-refractivity contribution in [1.29, 1.82) is 0 Å². The van der Waals surface area contributed by atoms with Crippen LogP contribution in [-0.2, 0) is 0 Å². The Hall–Kier alpha value is -1.35. The lowest BCUT2D eigenvalue weighted by Gasteiger charge is -2.10. The molecule has 0 N–H and O–H groups in total. The Kier molecular flexibility index (Phi) is 3.20. The highest BCUT2D eigenvalue weighted by Gasteiger charge is 2.14. The molecule has 90 valence electrons. The maximum absolute atomic E-state index is 5.48. The highest BCUT2D eigenvalue weighted by molar-refractivity contribution is 7.15. The second-order valence-electron chi connectivity index (χ2n) is 4.32. The molecule has 2 rings (SSSR count). The maximum Gasteiger partial charge on any atom is 0.129 e. The fourth-order valence-electron chi connectivity index (χ4n) is 1.94. The van der Waals surface area contributed by atoms with Gasteiger partial charge < -0.3 is 4.74 Å². The van der Waals surface area contributed by atoms with Crippen LogP contribution in [0.1, 0.15) is 21.7 Å². The van der Waals surface area contributed by atoms with Gasteiger partial charge in [-0.1, -0.05) is 6.07 Å². The molecule has 1 aromatic carbocycles. The molecule has 0 aliphatic rings. The molecule has 0 aliphatic heterocycles. The van der Waals surface area contributed by atoms with Gasteiger partial charge in [-0.3, -0.25) is 0 Å². The van der Waals surface area contributed by atoms with Crippen LogP contribution in [-0.4, -0.2) is 12.1 Å². The minimum absolute atomic E-state index is 0.913. The molecule has 1 heterocycles. The number of aryl methyl sites for hydroxylation is 4. The minimum atomic E-state index is 0.913. The number of nitrogens with zero attached hydrogens (tertiary/aromatic N) is 1. The molecule has 0 unspecified atom stereocenters. The van der Waals surface area contributed by atoms with E-state index in [-0.39, 0.29) is 0 Å². The van der Waals surface area contributed by atoms with Crippen molar-refractivity contribution in [3.05, 3.63) is 33.8 Å². The summed E-state index contributed by atoms with van der Waals surface area (Å²) >= 11 is 1.73. The second-order valence-corrected chi connectivity index (χ2v) is 5.52. The van der Waals surface area contributed by atoms with Crippen LogP contribution in [0, 0.1) is 27.7 Å². The number of thiazole rings is 1. The average molecular weight is 247 g/mol. The van der Waals surface area contributed by atoms with E-state index in [2.05, 4.69) is 37.9 Å². The van der Waals surface area contributed by atoms with E-state index in [1.54, 1.807) is 18.4 Å². The van der Waals surface area contributed by atoms with Crippen molar-refractivity contribution in [3.63, 3.8) is 0 Å². The normalized spacial score (nSPS) is 10.6. The van der Waals surface area contributed by atoms with Crippen LogP contribution in [0.15, 0.2) is 12.1 Å². The van der Waals surface area contributed by atoms with Crippen LogP contribution in [0.4, 0.5) is 0 Å². The minimum Gasteiger partial charge on any atom is -0.496 e. The largest absolute Gasteiger partial charge is 0.496 e. The summed E-state index contributed by atoms with van der Waals surface area (Å²) in [4.78, 5) is 5.88. The number of hydrogen-bond donors (Lipinski definition) is 0. The Bertz CT molecular complexity index is 538. The first kappa shape index (κ1) is 12.1. The molecule has 0 atom stereocenters. The Morgan fingerprint density at radius 2 is 1.82 bits per heavy atom. The molecule has 0 spiro atoms. The zero-order chi connectivity index (χ0) is 12.6. The fraction of sp³-hybridized carbons (Fsp3) is 0.357. The van der Waals surface area contributed by atoms with Crippen LogP contribution in [0.2, 0.25) is 0 Å². The Morgan fingerprint density at radius 3 is 2.35 bits per heavy atom. The molecular weight excluding hydrogens is 230 g/mol. The van der Waals surface area contributed by atoms with E-state index in [1.165, 1.54) is 16.0 Å². The Morgan fingerprint density at radius 1 is 1.12 bits per heavy atom. The molecule has 0 saturated carbocycles. The van der Waals surface area contributed by atoms with Crippen LogP contribution < -0.4 is 4.74 Å². The topological polar surface area (TPSA) is 22.1 Å². The summed E-state index contributed by atoms with van der Waals surface area (Å²) < 4.78 is 5.48. The van der Waals surface area contributed by atoms with E-state index in [4.69, 9.17) is 4.74 Å². The molecule has 0 saturated heterocycles. The molecule has 0 amide bonds. The molecule has 17 heavy (non-hydrogen) atoms. The molecule has 0 aliphatic carbocycles. The fourth-order valence-corrected chi connectivity index (χ4v) is 2.97. The standard InChI is InChI=1S/C14H17NOS/c1-8-6-9(2)13(12(7-8)16-5)14-15-10(3)11(4)17-14/h6-7H,1-5H3. The maximum atomic E-state index is 5.48. The molecule has 0 fully saturated rings. The number of benzene rings is 1. The zero-order valence-corrected chi connectivity index (χ0v) is 11.7. The van der Waals surface area contributed by atoms with E-state index in [9.17, 15) is 0 Å². The summed E-state index contributed by atoms with van der Waals surface area (Å²) in [5.41, 5.74) is 4.66. The SMILES string of the molecule is COc1cc(C)cc(C)c1-c1nc(C)c(C)s1. The molecule has 0 bridgehead atoms. The van der Waals surface area contributed by atoms with Gasteiger partial charge in [0.2, 0.25) is 0 Å². The summed E-state index contributed by atoms with van der Waals surface area (Å²) in [5.74, 6) is 0.913. The van der Waals surface area contributed by atoms with Crippen LogP contribution in [0.3, 0.4) is 0 Å². The van der Waals surface area contributed by atoms with Gasteiger partial charge in [-0.15, -0.1) is 11.3 Å². The van der Waals surface area contributed by atoms with Crippen LogP contribution in [0.25, 0.3) is 10.6 Å². The summed E-state index contributed by atoms with van der Waals surface area (Å²) in [6.07, 6.45) is 0. The number of ether oxygens (including phenoxy) is 1. The van der Waals surface area contributed by atoms with E-state index < -0.39 is 0 Å². The summed E-state index contributed by atoms with van der Waals surface area (Å²) in [6, 6.07) is 4.23. The van der Waals surface area contributed by atoms with Gasteiger partial charge >= 0.3 is 0 Å². The van der Waals surface area contributed by atoms with E-state index in [1.807, 2.05) is 6.92 Å². The number of rotatable bonds is 2. The van der Waals surface area contributed by atoms with Gasteiger partial charge in [-0.05, 0) is 44.9 Å². The van der Waals surface area contributed by atoms with Crippen molar-refractivity contribution in [2.75, 3.05) is 7.11 Å². The van der Waals surface area contributed by atoms with Crippen molar-refractivity contribution >= 4 is 11.3 Å². The van der Waals surface area contributed by atoms with Crippen molar-refractivity contribution in [1.82, 2.24) is 4.98 Å².